The topological polar surface area (TPSA) is 100.0 Å². The number of halogens is 1. The fourth-order valence-electron chi connectivity index (χ4n) is 2.97. The molecule has 32 heavy (non-hydrogen) atoms. The van der Waals surface area contributed by atoms with Gasteiger partial charge in [-0.15, -0.1) is 0 Å². The standard InChI is InChI=1S/C12H13IN2O2.C12H11N3/c1-8-2-3-9-6-10(4-5-11(9)14-8)17-7-12(16)15-13;1-9-2-4-11(5-3-9)12-14-7-10(6-13)8-15-12/h4-6,14H,1-3,7H2,(H,15,16);2-8,13H,1H3. The molecular weight excluding hydrogens is 517 g/mol. The zero-order chi connectivity index (χ0) is 22.9. The van der Waals surface area contributed by atoms with E-state index in [1.807, 2.05) is 49.4 Å². The molecule has 4 rings (SSSR count). The first-order chi connectivity index (χ1) is 15.5. The Balaban J connectivity index is 0.000000182. The zero-order valence-electron chi connectivity index (χ0n) is 17.7. The quantitative estimate of drug-likeness (QED) is 0.244. The lowest BCUT2D eigenvalue weighted by atomic mass is 10.0. The Morgan fingerprint density at radius 1 is 1.22 bits per heavy atom. The number of aryl methyl sites for hydroxylation is 2. The number of rotatable bonds is 5. The van der Waals surface area contributed by atoms with Gasteiger partial charge in [-0.25, -0.2) is 9.97 Å². The number of allylic oxidation sites excluding steroid dienone is 1. The first-order valence-electron chi connectivity index (χ1n) is 9.98. The van der Waals surface area contributed by atoms with Crippen molar-refractivity contribution in [2.24, 2.45) is 0 Å². The van der Waals surface area contributed by atoms with E-state index in [1.165, 1.54) is 17.3 Å². The van der Waals surface area contributed by atoms with E-state index < -0.39 is 0 Å². The summed E-state index contributed by atoms with van der Waals surface area (Å²) in [6.07, 6.45) is 6.42. The van der Waals surface area contributed by atoms with Crippen molar-refractivity contribution in [2.45, 2.75) is 19.8 Å². The van der Waals surface area contributed by atoms with Gasteiger partial charge in [0.2, 0.25) is 0 Å². The van der Waals surface area contributed by atoms with E-state index in [1.54, 1.807) is 35.3 Å². The summed E-state index contributed by atoms with van der Waals surface area (Å²) in [4.78, 5) is 19.4. The Bertz CT molecular complexity index is 1100. The second-order valence-electron chi connectivity index (χ2n) is 7.20. The highest BCUT2D eigenvalue weighted by molar-refractivity contribution is 14.1. The predicted molar refractivity (Wildman–Crippen MR) is 135 cm³/mol. The van der Waals surface area contributed by atoms with Crippen molar-refractivity contribution in [3.05, 3.63) is 83.8 Å². The summed E-state index contributed by atoms with van der Waals surface area (Å²) in [6, 6.07) is 13.8. The molecule has 1 aromatic heterocycles. The van der Waals surface area contributed by atoms with Crippen molar-refractivity contribution in [1.82, 2.24) is 13.5 Å². The van der Waals surface area contributed by atoms with Crippen LogP contribution in [0.25, 0.3) is 11.4 Å². The number of ether oxygens (including phenoxy) is 1. The molecule has 0 aliphatic carbocycles. The van der Waals surface area contributed by atoms with Crippen LogP contribution in [0.3, 0.4) is 0 Å². The third-order valence-electron chi connectivity index (χ3n) is 4.71. The van der Waals surface area contributed by atoms with Gasteiger partial charge in [-0.05, 0) is 43.5 Å². The number of benzene rings is 2. The average molecular weight is 541 g/mol. The number of amides is 1. The van der Waals surface area contributed by atoms with Crippen LogP contribution in [-0.4, -0.2) is 28.7 Å². The Morgan fingerprint density at radius 2 is 1.94 bits per heavy atom. The second kappa shape index (κ2) is 11.4. The lowest BCUT2D eigenvalue weighted by molar-refractivity contribution is -0.120. The molecule has 0 fully saturated rings. The maximum Gasteiger partial charge on any atom is 0.266 e. The molecule has 3 aromatic rings. The lowest BCUT2D eigenvalue weighted by Gasteiger charge is -2.20. The highest BCUT2D eigenvalue weighted by Crippen LogP contribution is 2.29. The molecule has 0 spiro atoms. The number of nitrogens with zero attached hydrogens (tertiary/aromatic N) is 2. The van der Waals surface area contributed by atoms with Gasteiger partial charge in [0.1, 0.15) is 5.75 Å². The SMILES string of the molecule is C=C1CCc2cc(OCC(=O)NI)ccc2N1.Cc1ccc(-c2ncc(C=N)cn2)cc1. The largest absolute Gasteiger partial charge is 0.484 e. The molecule has 0 radical (unpaired) electrons. The zero-order valence-corrected chi connectivity index (χ0v) is 19.8. The van der Waals surface area contributed by atoms with Gasteiger partial charge in [-0.2, -0.15) is 0 Å². The minimum atomic E-state index is -0.144. The van der Waals surface area contributed by atoms with Gasteiger partial charge in [-0.1, -0.05) is 36.4 Å². The predicted octanol–water partition coefficient (Wildman–Crippen LogP) is 4.85. The average Bonchev–Trinajstić information content (AvgIpc) is 2.83. The molecule has 0 saturated heterocycles. The number of hydrogen-bond donors (Lipinski definition) is 3. The van der Waals surface area contributed by atoms with Gasteiger partial charge in [-0.3, -0.25) is 8.32 Å². The summed E-state index contributed by atoms with van der Waals surface area (Å²) in [6.45, 7) is 6.00. The van der Waals surface area contributed by atoms with Gasteiger partial charge in [0, 0.05) is 41.1 Å². The van der Waals surface area contributed by atoms with E-state index in [0.29, 0.717) is 11.4 Å². The van der Waals surface area contributed by atoms with Crippen LogP contribution >= 0.6 is 22.9 Å². The van der Waals surface area contributed by atoms with Crippen molar-refractivity contribution >= 4 is 40.7 Å². The van der Waals surface area contributed by atoms with Crippen LogP contribution in [0.1, 0.15) is 23.1 Å². The number of carbonyl (C=O) groups is 1. The van der Waals surface area contributed by atoms with Gasteiger partial charge < -0.3 is 15.5 Å². The van der Waals surface area contributed by atoms with Gasteiger partial charge in [0.05, 0.1) is 22.9 Å². The van der Waals surface area contributed by atoms with Crippen molar-refractivity contribution in [3.8, 4) is 17.1 Å². The molecule has 1 aliphatic rings. The third kappa shape index (κ3) is 6.61. The maximum absolute atomic E-state index is 11.0. The fourth-order valence-corrected chi connectivity index (χ4v) is 3.12. The van der Waals surface area contributed by atoms with Crippen LogP contribution in [0.2, 0.25) is 0 Å². The van der Waals surface area contributed by atoms with E-state index in [2.05, 4.69) is 25.4 Å². The van der Waals surface area contributed by atoms with Crippen molar-refractivity contribution in [3.63, 3.8) is 0 Å². The van der Waals surface area contributed by atoms with Crippen molar-refractivity contribution < 1.29 is 9.53 Å². The Morgan fingerprint density at radius 3 is 2.59 bits per heavy atom. The molecular formula is C24H24IN5O2. The molecule has 2 heterocycles. The van der Waals surface area contributed by atoms with Crippen LogP contribution in [-0.2, 0) is 11.2 Å². The Labute approximate surface area is 201 Å². The highest BCUT2D eigenvalue weighted by atomic mass is 127. The van der Waals surface area contributed by atoms with Crippen LogP contribution in [0.4, 0.5) is 5.69 Å². The number of fused-ring (bicyclic) bond motifs is 1. The summed E-state index contributed by atoms with van der Waals surface area (Å²) < 4.78 is 7.87. The molecule has 7 nitrogen and oxygen atoms in total. The van der Waals surface area contributed by atoms with Gasteiger partial charge in [0.15, 0.2) is 12.4 Å². The number of hydrogen-bond acceptors (Lipinski definition) is 6. The summed E-state index contributed by atoms with van der Waals surface area (Å²) in [5.41, 5.74) is 6.24. The molecule has 0 unspecified atom stereocenters. The Hall–Kier alpha value is -3.27. The van der Waals surface area contributed by atoms with Crippen LogP contribution < -0.4 is 13.6 Å². The van der Waals surface area contributed by atoms with E-state index in [-0.39, 0.29) is 12.5 Å². The summed E-state index contributed by atoms with van der Waals surface area (Å²) in [7, 11) is 0. The third-order valence-corrected chi connectivity index (χ3v) is 5.31. The monoisotopic (exact) mass is 541 g/mol. The lowest BCUT2D eigenvalue weighted by Crippen LogP contribution is -2.20. The first-order valence-corrected chi connectivity index (χ1v) is 11.1. The van der Waals surface area contributed by atoms with E-state index >= 15 is 0 Å². The molecule has 0 atom stereocenters. The second-order valence-corrected chi connectivity index (χ2v) is 7.74. The smallest absolute Gasteiger partial charge is 0.266 e. The molecule has 1 aliphatic heterocycles. The summed E-state index contributed by atoms with van der Waals surface area (Å²) in [5, 5.41) is 10.3. The van der Waals surface area contributed by atoms with E-state index in [9.17, 15) is 4.79 Å². The van der Waals surface area contributed by atoms with Gasteiger partial charge in [0.25, 0.3) is 5.91 Å². The normalized spacial score (nSPS) is 11.9. The van der Waals surface area contributed by atoms with E-state index in [4.69, 9.17) is 10.1 Å². The number of anilines is 1. The van der Waals surface area contributed by atoms with Crippen LogP contribution in [0.5, 0.6) is 5.75 Å². The van der Waals surface area contributed by atoms with Crippen molar-refractivity contribution in [2.75, 3.05) is 11.9 Å². The molecule has 2 aromatic carbocycles. The minimum Gasteiger partial charge on any atom is -0.484 e. The summed E-state index contributed by atoms with van der Waals surface area (Å²) >= 11 is 1.79. The Kier molecular flexibility index (Phi) is 8.32. The number of aromatic nitrogens is 2. The van der Waals surface area contributed by atoms with Gasteiger partial charge >= 0.3 is 0 Å². The van der Waals surface area contributed by atoms with Crippen molar-refractivity contribution in [1.29, 1.82) is 5.41 Å². The highest BCUT2D eigenvalue weighted by Gasteiger charge is 2.12. The van der Waals surface area contributed by atoms with Crippen LogP contribution in [0.15, 0.2) is 67.1 Å². The first kappa shape index (κ1) is 23.4. The molecule has 0 saturated carbocycles. The number of nitrogens with one attached hydrogen (secondary N) is 3. The molecule has 1 amide bonds. The molecule has 164 valence electrons. The maximum atomic E-state index is 11.0. The fraction of sp³-hybridized carbons (Fsp3) is 0.167. The minimum absolute atomic E-state index is 0.0435. The molecule has 8 heteroatoms. The summed E-state index contributed by atoms with van der Waals surface area (Å²) in [5.74, 6) is 1.27. The van der Waals surface area contributed by atoms with Crippen LogP contribution in [0, 0.1) is 12.3 Å². The van der Waals surface area contributed by atoms with E-state index in [0.717, 1.165) is 35.5 Å². The number of carbonyl (C=O) groups excluding carboxylic acids is 1. The molecule has 3 N–H and O–H groups in total. The molecule has 0 bridgehead atoms.